The van der Waals surface area contributed by atoms with E-state index in [0.29, 0.717) is 55.0 Å². The van der Waals surface area contributed by atoms with Crippen LogP contribution in [0.15, 0.2) is 72.2 Å². The van der Waals surface area contributed by atoms with Gasteiger partial charge in [-0.05, 0) is 118 Å². The maximum atomic E-state index is 13.5. The molecule has 4 N–H and O–H groups in total. The maximum absolute atomic E-state index is 13.5. The van der Waals surface area contributed by atoms with Gasteiger partial charge in [-0.15, -0.1) is 11.3 Å². The van der Waals surface area contributed by atoms with Crippen LogP contribution >= 0.6 is 35.2 Å². The van der Waals surface area contributed by atoms with Crippen molar-refractivity contribution in [1.29, 1.82) is 5.26 Å². The Morgan fingerprint density at radius 3 is 2.34 bits per heavy atom. The predicted molar refractivity (Wildman–Crippen MR) is 263 cm³/mol. The Bertz CT molecular complexity index is 2400. The number of nitrogens with one attached hydrogen (secondary N) is 2. The second kappa shape index (κ2) is 22.8. The SMILES string of the molecule is Cc1ncsc1-c1ccc(CNC(=O)[C@@H]2C[C@@H](O)CN2C(O)[C@@H](NC(=O)COCCCOCCCCOc2ccc(N3C(=S)N(c4ccc(C#N)c(Cl)c4)C(=O)C3(C)C)cc2)C(C)(C)C)cc1. The number of unbranched alkanes of at least 4 members (excludes halogenated alkanes) is 1. The molecule has 0 spiro atoms. The Balaban J connectivity index is 0.856. The summed E-state index contributed by atoms with van der Waals surface area (Å²) < 4.78 is 17.4. The predicted octanol–water partition coefficient (Wildman–Crippen LogP) is 6.74. The largest absolute Gasteiger partial charge is 0.494 e. The van der Waals surface area contributed by atoms with Gasteiger partial charge in [0.1, 0.15) is 30.2 Å². The quantitative estimate of drug-likeness (QED) is 0.0508. The smallest absolute Gasteiger partial charge is 0.259 e. The van der Waals surface area contributed by atoms with Crippen LogP contribution < -0.4 is 25.2 Å². The van der Waals surface area contributed by atoms with Crippen LogP contribution in [0.4, 0.5) is 11.4 Å². The molecule has 1 unspecified atom stereocenters. The lowest BCUT2D eigenvalue weighted by Gasteiger charge is -2.40. The van der Waals surface area contributed by atoms with E-state index in [4.69, 9.17) is 38.0 Å². The molecule has 3 amide bonds. The number of β-amino-alcohol motifs (C(OH)–C–C–N with tert-alkyl or cyclic N) is 1. The van der Waals surface area contributed by atoms with Gasteiger partial charge in [0, 0.05) is 38.6 Å². The van der Waals surface area contributed by atoms with Crippen molar-refractivity contribution in [2.24, 2.45) is 5.41 Å². The van der Waals surface area contributed by atoms with Gasteiger partial charge in [-0.2, -0.15) is 5.26 Å². The third kappa shape index (κ3) is 12.7. The van der Waals surface area contributed by atoms with Crippen molar-refractivity contribution in [2.75, 3.05) is 49.4 Å². The van der Waals surface area contributed by atoms with Crippen LogP contribution in [0.3, 0.4) is 0 Å². The van der Waals surface area contributed by atoms with E-state index in [0.717, 1.165) is 40.2 Å². The summed E-state index contributed by atoms with van der Waals surface area (Å²) in [5.41, 5.74) is 4.74. The average molecular weight is 975 g/mol. The van der Waals surface area contributed by atoms with Crippen molar-refractivity contribution in [3.63, 3.8) is 0 Å². The van der Waals surface area contributed by atoms with Gasteiger partial charge in [-0.1, -0.05) is 56.6 Å². The topological polar surface area (TPSA) is 190 Å². The molecule has 2 aliphatic heterocycles. The third-order valence-corrected chi connectivity index (χ3v) is 13.4. The average Bonchev–Trinajstić information content (AvgIpc) is 3.96. The highest BCUT2D eigenvalue weighted by atomic mass is 35.5. The molecule has 2 aliphatic rings. The molecule has 18 heteroatoms. The van der Waals surface area contributed by atoms with Crippen LogP contribution in [0.2, 0.25) is 5.02 Å². The number of aromatic nitrogens is 1. The zero-order valence-electron chi connectivity index (χ0n) is 38.8. The zero-order valence-corrected chi connectivity index (χ0v) is 41.2. The summed E-state index contributed by atoms with van der Waals surface area (Å²) in [5.74, 6) is -0.245. The number of amides is 3. The number of hydrogen-bond donors (Lipinski definition) is 4. The van der Waals surface area contributed by atoms with E-state index < -0.39 is 41.3 Å². The van der Waals surface area contributed by atoms with E-state index in [-0.39, 0.29) is 43.0 Å². The van der Waals surface area contributed by atoms with Crippen LogP contribution in [0.1, 0.15) is 77.1 Å². The molecule has 15 nitrogen and oxygen atoms in total. The van der Waals surface area contributed by atoms with Gasteiger partial charge in [-0.3, -0.25) is 24.2 Å². The first-order valence-electron chi connectivity index (χ1n) is 22.4. The number of anilines is 2. The first-order valence-corrected chi connectivity index (χ1v) is 24.0. The van der Waals surface area contributed by atoms with E-state index in [1.165, 1.54) is 4.90 Å². The number of aryl methyl sites for hydroxylation is 1. The van der Waals surface area contributed by atoms with Crippen LogP contribution in [-0.4, -0.2) is 112 Å². The summed E-state index contributed by atoms with van der Waals surface area (Å²) in [6, 6.07) is 20.6. The van der Waals surface area contributed by atoms with Crippen molar-refractivity contribution < 1.29 is 38.8 Å². The number of thiocarbonyl (C=S) groups is 1. The van der Waals surface area contributed by atoms with Gasteiger partial charge in [0.05, 0.1) is 57.1 Å². The van der Waals surface area contributed by atoms with Crippen LogP contribution in [-0.2, 0) is 30.4 Å². The fraction of sp³-hybridized carbons (Fsp3) is 0.469. The number of aliphatic hydroxyl groups is 2. The summed E-state index contributed by atoms with van der Waals surface area (Å²) in [7, 11) is 0. The third-order valence-electron chi connectivity index (χ3n) is 11.8. The number of hydrogen-bond acceptors (Lipinski definition) is 13. The van der Waals surface area contributed by atoms with Gasteiger partial charge < -0.3 is 40.0 Å². The van der Waals surface area contributed by atoms with Gasteiger partial charge in [0.2, 0.25) is 11.8 Å². The first-order chi connectivity index (χ1) is 31.9. The molecule has 1 aromatic heterocycles. The molecule has 358 valence electrons. The van der Waals surface area contributed by atoms with Crippen LogP contribution in [0.25, 0.3) is 10.4 Å². The minimum atomic E-state index is -1.24. The van der Waals surface area contributed by atoms with Gasteiger partial charge in [0.15, 0.2) is 5.11 Å². The Hall–Kier alpha value is -5.03. The lowest BCUT2D eigenvalue weighted by Crippen LogP contribution is -2.60. The van der Waals surface area contributed by atoms with Crippen molar-refractivity contribution in [1.82, 2.24) is 20.5 Å². The number of rotatable bonds is 21. The molecular formula is C49H60ClN7O8S2. The van der Waals surface area contributed by atoms with E-state index in [1.807, 2.05) is 87.8 Å². The summed E-state index contributed by atoms with van der Waals surface area (Å²) in [6.45, 7) is 13.2. The zero-order chi connectivity index (χ0) is 48.5. The Labute approximate surface area is 407 Å². The molecular weight excluding hydrogens is 914 g/mol. The lowest BCUT2D eigenvalue weighted by molar-refractivity contribution is -0.136. The molecule has 2 saturated heterocycles. The molecule has 67 heavy (non-hydrogen) atoms. The minimum Gasteiger partial charge on any atom is -0.494 e. The highest BCUT2D eigenvalue weighted by molar-refractivity contribution is 7.81. The number of nitrogens with zero attached hydrogens (tertiary/aromatic N) is 5. The minimum absolute atomic E-state index is 0.0843. The lowest BCUT2D eigenvalue weighted by atomic mass is 9.85. The van der Waals surface area contributed by atoms with E-state index in [9.17, 15) is 29.9 Å². The molecule has 0 saturated carbocycles. The second-order valence-corrected chi connectivity index (χ2v) is 19.9. The fourth-order valence-electron chi connectivity index (χ4n) is 8.10. The number of thiazole rings is 1. The summed E-state index contributed by atoms with van der Waals surface area (Å²) in [4.78, 5) is 50.2. The standard InChI is InChI=1S/C49H60ClN7O8S2/c1-31-42(67-30-53-31)33-12-10-32(11-13-33)27-52-44(60)40-25-37(58)28-55(40)45(61)43(48(2,3)4)54-41(59)29-64-22-9-21-63-20-7-8-23-65-38-18-16-35(17-19-38)57-47(66)56(46(62)49(57,5)6)36-15-14-34(26-51)39(50)24-36/h10-19,24,30,37,40,43,45,58,61H,7-9,20-23,25,27-29H2,1-6H3,(H,52,60)(H,54,59)/t37-,40+,43-,45?/m1/s1. The molecule has 0 radical (unpaired) electrons. The molecule has 4 aromatic rings. The first kappa shape index (κ1) is 51.4. The number of carbonyl (C=O) groups excluding carboxylic acids is 3. The Morgan fingerprint density at radius 2 is 1.69 bits per heavy atom. The van der Waals surface area contributed by atoms with E-state index >= 15 is 0 Å². The fourth-order valence-corrected chi connectivity index (χ4v) is 9.65. The van der Waals surface area contributed by atoms with Gasteiger partial charge in [0.25, 0.3) is 5.91 Å². The number of benzene rings is 3. The Morgan fingerprint density at radius 1 is 1.01 bits per heavy atom. The van der Waals surface area contributed by atoms with Crippen LogP contribution in [0.5, 0.6) is 5.75 Å². The van der Waals surface area contributed by atoms with Gasteiger partial charge >= 0.3 is 0 Å². The molecule has 6 rings (SSSR count). The monoisotopic (exact) mass is 973 g/mol. The highest BCUT2D eigenvalue weighted by Crippen LogP contribution is 2.38. The number of halogens is 1. The molecule has 3 heterocycles. The number of ether oxygens (including phenoxy) is 3. The van der Waals surface area contributed by atoms with E-state index in [2.05, 4.69) is 15.6 Å². The molecule has 3 aromatic carbocycles. The summed E-state index contributed by atoms with van der Waals surface area (Å²) in [6.07, 6.45) is 0.240. The van der Waals surface area contributed by atoms with Crippen molar-refractivity contribution in [3.8, 4) is 22.3 Å². The number of carbonyl (C=O) groups is 3. The van der Waals surface area contributed by atoms with Crippen LogP contribution in [0, 0.1) is 23.7 Å². The highest BCUT2D eigenvalue weighted by Gasteiger charge is 2.50. The number of nitriles is 1. The normalized spacial score (nSPS) is 18.2. The summed E-state index contributed by atoms with van der Waals surface area (Å²) >= 11 is 13.6. The molecule has 0 bridgehead atoms. The van der Waals surface area contributed by atoms with E-state index in [1.54, 1.807) is 53.2 Å². The van der Waals surface area contributed by atoms with Crippen molar-refractivity contribution in [2.45, 2.75) is 104 Å². The number of likely N-dealkylation sites (tertiary alicyclic amines) is 1. The summed E-state index contributed by atoms with van der Waals surface area (Å²) in [5, 5.41) is 37.9. The number of aliphatic hydroxyl groups excluding tert-OH is 2. The van der Waals surface area contributed by atoms with Gasteiger partial charge in [-0.25, -0.2) is 4.98 Å². The second-order valence-electron chi connectivity index (χ2n) is 18.3. The maximum Gasteiger partial charge on any atom is 0.259 e. The molecule has 0 aliphatic carbocycles. The van der Waals surface area contributed by atoms with Crippen molar-refractivity contribution in [3.05, 3.63) is 94.1 Å². The molecule has 4 atom stereocenters. The van der Waals surface area contributed by atoms with Crippen molar-refractivity contribution >= 4 is 69.4 Å². The Kier molecular flexibility index (Phi) is 17.5. The molecule has 2 fully saturated rings.